The summed E-state index contributed by atoms with van der Waals surface area (Å²) in [7, 11) is 0. The van der Waals surface area contributed by atoms with Gasteiger partial charge in [0.15, 0.2) is 0 Å². The number of aromatic nitrogens is 1. The molecule has 2 aromatic rings. The Balaban J connectivity index is 1.61. The van der Waals surface area contributed by atoms with Gasteiger partial charge in [0.1, 0.15) is 16.9 Å². The Hall–Kier alpha value is -1.10. The molecular weight excluding hydrogens is 292 g/mol. The molecule has 0 spiro atoms. The Morgan fingerprint density at radius 2 is 2.35 bits per heavy atom. The van der Waals surface area contributed by atoms with Crippen molar-refractivity contribution in [3.63, 3.8) is 0 Å². The van der Waals surface area contributed by atoms with E-state index in [4.69, 9.17) is 16.3 Å². The van der Waals surface area contributed by atoms with E-state index in [1.54, 1.807) is 11.3 Å². The van der Waals surface area contributed by atoms with Gasteiger partial charge in [-0.3, -0.25) is 0 Å². The average molecular weight is 309 g/mol. The zero-order chi connectivity index (χ0) is 14.2. The van der Waals surface area contributed by atoms with E-state index in [0.717, 1.165) is 28.7 Å². The molecule has 0 bridgehead atoms. The van der Waals surface area contributed by atoms with Crippen LogP contribution in [0.5, 0.6) is 5.75 Å². The molecule has 1 aromatic heterocycles. The van der Waals surface area contributed by atoms with Gasteiger partial charge in [-0.15, -0.1) is 11.3 Å². The second-order valence-electron chi connectivity index (χ2n) is 5.54. The van der Waals surface area contributed by atoms with Crippen molar-refractivity contribution in [1.82, 2.24) is 10.3 Å². The molecule has 0 saturated carbocycles. The minimum Gasteiger partial charge on any atom is -0.488 e. The van der Waals surface area contributed by atoms with Gasteiger partial charge in [-0.2, -0.15) is 0 Å². The molecule has 1 aliphatic heterocycles. The van der Waals surface area contributed by atoms with Gasteiger partial charge in [0.25, 0.3) is 0 Å². The summed E-state index contributed by atoms with van der Waals surface area (Å²) in [4.78, 5) is 4.38. The first kappa shape index (κ1) is 13.9. The molecule has 1 unspecified atom stereocenters. The molecule has 0 fully saturated rings. The molecule has 3 rings (SSSR count). The number of benzene rings is 1. The fourth-order valence-corrected chi connectivity index (χ4v) is 3.31. The maximum atomic E-state index is 6.01. The summed E-state index contributed by atoms with van der Waals surface area (Å²) in [5.41, 5.74) is 1.06. The summed E-state index contributed by atoms with van der Waals surface area (Å²) in [6.07, 6.45) is 2.90. The Bertz CT molecular complexity index is 598. The van der Waals surface area contributed by atoms with Gasteiger partial charge >= 0.3 is 0 Å². The van der Waals surface area contributed by atoms with Gasteiger partial charge in [-0.1, -0.05) is 11.6 Å². The largest absolute Gasteiger partial charge is 0.488 e. The van der Waals surface area contributed by atoms with Gasteiger partial charge in [0.05, 0.1) is 5.54 Å². The molecule has 20 heavy (non-hydrogen) atoms. The lowest BCUT2D eigenvalue weighted by molar-refractivity contribution is 0.209. The van der Waals surface area contributed by atoms with Gasteiger partial charge in [0, 0.05) is 29.6 Å². The van der Waals surface area contributed by atoms with Crippen molar-refractivity contribution in [2.45, 2.75) is 31.9 Å². The van der Waals surface area contributed by atoms with Crippen LogP contribution in [0.3, 0.4) is 0 Å². The first-order valence-electron chi connectivity index (χ1n) is 6.65. The summed E-state index contributed by atoms with van der Waals surface area (Å²) in [6.45, 7) is 5.08. The van der Waals surface area contributed by atoms with Crippen molar-refractivity contribution in [2.75, 3.05) is 6.54 Å². The minimum absolute atomic E-state index is 0.135. The van der Waals surface area contributed by atoms with Crippen molar-refractivity contribution >= 4 is 22.9 Å². The van der Waals surface area contributed by atoms with Crippen LogP contribution < -0.4 is 10.1 Å². The third-order valence-electron chi connectivity index (χ3n) is 3.50. The van der Waals surface area contributed by atoms with Crippen LogP contribution in [-0.2, 0) is 12.0 Å². The van der Waals surface area contributed by atoms with Crippen LogP contribution in [0.2, 0.25) is 5.02 Å². The molecule has 1 N–H and O–H groups in total. The Morgan fingerprint density at radius 3 is 3.10 bits per heavy atom. The average Bonchev–Trinajstić information content (AvgIpc) is 3.05. The van der Waals surface area contributed by atoms with Crippen molar-refractivity contribution in [3.05, 3.63) is 45.4 Å². The van der Waals surface area contributed by atoms with Gasteiger partial charge in [-0.05, 0) is 37.6 Å². The van der Waals surface area contributed by atoms with Gasteiger partial charge in [-0.25, -0.2) is 4.98 Å². The first-order valence-corrected chi connectivity index (χ1v) is 7.90. The SMILES string of the molecule is CC(C)(NCC1Cc2cc(Cl)ccc2O1)c1nccs1. The van der Waals surface area contributed by atoms with E-state index in [9.17, 15) is 0 Å². The molecule has 3 nitrogen and oxygen atoms in total. The smallest absolute Gasteiger partial charge is 0.123 e. The van der Waals surface area contributed by atoms with Crippen LogP contribution in [0.25, 0.3) is 0 Å². The van der Waals surface area contributed by atoms with E-state index in [0.29, 0.717) is 0 Å². The highest BCUT2D eigenvalue weighted by molar-refractivity contribution is 7.09. The number of fused-ring (bicyclic) bond motifs is 1. The molecule has 1 atom stereocenters. The van der Waals surface area contributed by atoms with E-state index in [1.165, 1.54) is 5.56 Å². The lowest BCUT2D eigenvalue weighted by Crippen LogP contribution is -2.42. The van der Waals surface area contributed by atoms with Gasteiger partial charge < -0.3 is 10.1 Å². The number of nitrogens with one attached hydrogen (secondary N) is 1. The zero-order valence-electron chi connectivity index (χ0n) is 11.5. The Morgan fingerprint density at radius 1 is 1.50 bits per heavy atom. The number of hydrogen-bond acceptors (Lipinski definition) is 4. The summed E-state index contributed by atoms with van der Waals surface area (Å²) in [5.74, 6) is 0.952. The van der Waals surface area contributed by atoms with Crippen molar-refractivity contribution < 1.29 is 4.74 Å². The third kappa shape index (κ3) is 2.82. The molecule has 2 heterocycles. The summed E-state index contributed by atoms with van der Waals surface area (Å²) >= 11 is 7.68. The van der Waals surface area contributed by atoms with E-state index < -0.39 is 0 Å². The molecule has 0 saturated heterocycles. The lowest BCUT2D eigenvalue weighted by atomic mass is 10.1. The highest BCUT2D eigenvalue weighted by Crippen LogP contribution is 2.31. The minimum atomic E-state index is -0.135. The monoisotopic (exact) mass is 308 g/mol. The third-order valence-corrected chi connectivity index (χ3v) is 4.83. The molecular formula is C15H17ClN2OS. The second kappa shape index (κ2) is 5.35. The van der Waals surface area contributed by atoms with Crippen LogP contribution in [0.15, 0.2) is 29.8 Å². The molecule has 1 aliphatic rings. The molecule has 1 aromatic carbocycles. The van der Waals surface area contributed by atoms with Crippen LogP contribution in [-0.4, -0.2) is 17.6 Å². The molecule has 0 aliphatic carbocycles. The normalized spacial score (nSPS) is 17.9. The molecule has 0 radical (unpaired) electrons. The predicted octanol–water partition coefficient (Wildman–Crippen LogP) is 3.62. The summed E-state index contributed by atoms with van der Waals surface area (Å²) in [5, 5.41) is 7.41. The van der Waals surface area contributed by atoms with Gasteiger partial charge in [0.2, 0.25) is 0 Å². The van der Waals surface area contributed by atoms with E-state index in [1.807, 2.05) is 29.8 Å². The number of rotatable bonds is 4. The van der Waals surface area contributed by atoms with Crippen LogP contribution >= 0.6 is 22.9 Å². The highest BCUT2D eigenvalue weighted by Gasteiger charge is 2.27. The summed E-state index contributed by atoms with van der Waals surface area (Å²) < 4.78 is 5.94. The maximum Gasteiger partial charge on any atom is 0.123 e. The zero-order valence-corrected chi connectivity index (χ0v) is 13.1. The Kier molecular flexibility index (Phi) is 3.71. The first-order chi connectivity index (χ1) is 9.54. The van der Waals surface area contributed by atoms with Crippen LogP contribution in [0, 0.1) is 0 Å². The fourth-order valence-electron chi connectivity index (χ4n) is 2.38. The standard InChI is InChI=1S/C15H17ClN2OS/c1-15(2,14-17-5-6-20-14)18-9-12-8-10-7-11(16)3-4-13(10)19-12/h3-7,12,18H,8-9H2,1-2H3. The number of hydrogen-bond donors (Lipinski definition) is 1. The molecule has 5 heteroatoms. The quantitative estimate of drug-likeness (QED) is 0.936. The maximum absolute atomic E-state index is 6.01. The van der Waals surface area contributed by atoms with Crippen molar-refractivity contribution in [2.24, 2.45) is 0 Å². The van der Waals surface area contributed by atoms with Crippen molar-refractivity contribution in [1.29, 1.82) is 0 Å². The number of thiazole rings is 1. The topological polar surface area (TPSA) is 34.1 Å². The number of nitrogens with zero attached hydrogens (tertiary/aromatic N) is 1. The number of halogens is 1. The van der Waals surface area contributed by atoms with E-state index >= 15 is 0 Å². The molecule has 0 amide bonds. The van der Waals surface area contributed by atoms with Crippen LogP contribution in [0.1, 0.15) is 24.4 Å². The van der Waals surface area contributed by atoms with Crippen molar-refractivity contribution in [3.8, 4) is 5.75 Å². The Labute approximate surface area is 127 Å². The van der Waals surface area contributed by atoms with E-state index in [2.05, 4.69) is 24.1 Å². The molecule has 106 valence electrons. The predicted molar refractivity (Wildman–Crippen MR) is 82.7 cm³/mol. The summed E-state index contributed by atoms with van der Waals surface area (Å²) in [6, 6.07) is 5.81. The highest BCUT2D eigenvalue weighted by atomic mass is 35.5. The fraction of sp³-hybridized carbons (Fsp3) is 0.400. The lowest BCUT2D eigenvalue weighted by Gasteiger charge is -2.25. The second-order valence-corrected chi connectivity index (χ2v) is 6.87. The number of ether oxygens (including phenoxy) is 1. The van der Waals surface area contributed by atoms with E-state index in [-0.39, 0.29) is 11.6 Å². The van der Waals surface area contributed by atoms with Crippen LogP contribution in [0.4, 0.5) is 0 Å².